The van der Waals surface area contributed by atoms with E-state index in [-0.39, 0.29) is 19.0 Å². The van der Waals surface area contributed by atoms with Gasteiger partial charge in [0.15, 0.2) is 0 Å². The van der Waals surface area contributed by atoms with Crippen molar-refractivity contribution in [3.05, 3.63) is 65.2 Å². The van der Waals surface area contributed by atoms with Gasteiger partial charge in [-0.15, -0.1) is 0 Å². The number of anilines is 1. The number of nitrogens with zero attached hydrogens (tertiary/aromatic N) is 2. The third-order valence-corrected chi connectivity index (χ3v) is 6.30. The maximum Gasteiger partial charge on any atom is 0.244 e. The second-order valence-corrected chi connectivity index (χ2v) is 9.51. The fraction of sp³-hybridized carbons (Fsp3) is 0.391. The van der Waals surface area contributed by atoms with Crippen LogP contribution in [-0.4, -0.2) is 51.0 Å². The lowest BCUT2D eigenvalue weighted by Gasteiger charge is -2.33. The molecule has 0 aliphatic carbocycles. The van der Waals surface area contributed by atoms with E-state index in [0.29, 0.717) is 12.1 Å². The van der Waals surface area contributed by atoms with E-state index in [4.69, 9.17) is 0 Å². The summed E-state index contributed by atoms with van der Waals surface area (Å²) in [6, 6.07) is 14.0. The minimum Gasteiger partial charge on any atom is -0.357 e. The first-order chi connectivity index (χ1) is 14.6. The summed E-state index contributed by atoms with van der Waals surface area (Å²) in [5.74, 6) is -0.727. The molecule has 1 atom stereocenters. The summed E-state index contributed by atoms with van der Waals surface area (Å²) in [6.07, 6.45) is 1.48. The van der Waals surface area contributed by atoms with Gasteiger partial charge in [-0.3, -0.25) is 13.9 Å². The second kappa shape index (κ2) is 10.4. The molecule has 0 heterocycles. The summed E-state index contributed by atoms with van der Waals surface area (Å²) in [4.78, 5) is 27.4. The largest absolute Gasteiger partial charge is 0.357 e. The van der Waals surface area contributed by atoms with E-state index in [9.17, 15) is 18.0 Å². The highest BCUT2D eigenvalue weighted by atomic mass is 32.2. The van der Waals surface area contributed by atoms with Gasteiger partial charge in [0.25, 0.3) is 0 Å². The van der Waals surface area contributed by atoms with Crippen LogP contribution in [-0.2, 0) is 26.2 Å². The van der Waals surface area contributed by atoms with Crippen LogP contribution in [0.2, 0.25) is 0 Å². The molecule has 0 aromatic heterocycles. The van der Waals surface area contributed by atoms with Gasteiger partial charge in [0.05, 0.1) is 11.9 Å². The first kappa shape index (κ1) is 24.4. The van der Waals surface area contributed by atoms with Gasteiger partial charge < -0.3 is 10.2 Å². The van der Waals surface area contributed by atoms with Crippen molar-refractivity contribution in [3.63, 3.8) is 0 Å². The zero-order chi connectivity index (χ0) is 23.2. The number of aryl methyl sites for hydroxylation is 2. The Bertz CT molecular complexity index is 1020. The molecule has 2 aromatic rings. The van der Waals surface area contributed by atoms with Gasteiger partial charge in [0, 0.05) is 13.6 Å². The molecule has 0 saturated heterocycles. The van der Waals surface area contributed by atoms with Crippen LogP contribution >= 0.6 is 0 Å². The van der Waals surface area contributed by atoms with Gasteiger partial charge in [-0.1, -0.05) is 55.0 Å². The Morgan fingerprint density at radius 3 is 2.16 bits per heavy atom. The Hall–Kier alpha value is -2.87. The lowest BCUT2D eigenvalue weighted by Crippen LogP contribution is -2.51. The molecule has 168 valence electrons. The predicted molar refractivity (Wildman–Crippen MR) is 123 cm³/mol. The highest BCUT2D eigenvalue weighted by Crippen LogP contribution is 2.23. The van der Waals surface area contributed by atoms with Gasteiger partial charge in [-0.25, -0.2) is 8.42 Å². The molecule has 31 heavy (non-hydrogen) atoms. The van der Waals surface area contributed by atoms with Gasteiger partial charge in [-0.2, -0.15) is 0 Å². The van der Waals surface area contributed by atoms with Crippen LogP contribution in [0.15, 0.2) is 48.5 Å². The lowest BCUT2D eigenvalue weighted by atomic mass is 10.1. The Morgan fingerprint density at radius 2 is 1.65 bits per heavy atom. The minimum atomic E-state index is -3.72. The molecule has 0 aliphatic rings. The van der Waals surface area contributed by atoms with Crippen LogP contribution in [0.4, 0.5) is 5.69 Å². The first-order valence-corrected chi connectivity index (χ1v) is 12.0. The third-order valence-electron chi connectivity index (χ3n) is 5.17. The second-order valence-electron chi connectivity index (χ2n) is 7.60. The van der Waals surface area contributed by atoms with E-state index in [1.165, 1.54) is 11.9 Å². The fourth-order valence-corrected chi connectivity index (χ4v) is 4.32. The molecule has 0 aliphatic heterocycles. The standard InChI is InChI=1S/C23H31N3O4S/c1-6-20(23(28)24-4)25(15-19-13-11-17(2)12-14-19)22(27)16-26(31(5,29)30)21-10-8-7-9-18(21)3/h7-14,20H,6,15-16H2,1-5H3,(H,24,28)/t20-/m0/s1. The number of hydrogen-bond donors (Lipinski definition) is 1. The molecular formula is C23H31N3O4S. The number of carbonyl (C=O) groups excluding carboxylic acids is 2. The van der Waals surface area contributed by atoms with Crippen LogP contribution < -0.4 is 9.62 Å². The highest BCUT2D eigenvalue weighted by molar-refractivity contribution is 7.92. The van der Waals surface area contributed by atoms with Crippen molar-refractivity contribution in [2.24, 2.45) is 0 Å². The van der Waals surface area contributed by atoms with E-state index < -0.39 is 22.0 Å². The van der Waals surface area contributed by atoms with Crippen LogP contribution in [0, 0.1) is 13.8 Å². The normalized spacial score (nSPS) is 12.2. The molecule has 2 rings (SSSR count). The third kappa shape index (κ3) is 6.30. The number of amides is 2. The maximum absolute atomic E-state index is 13.4. The lowest BCUT2D eigenvalue weighted by molar-refractivity contribution is -0.140. The summed E-state index contributed by atoms with van der Waals surface area (Å²) >= 11 is 0. The number of sulfonamides is 1. The zero-order valence-electron chi connectivity index (χ0n) is 18.8. The average molecular weight is 446 g/mol. The zero-order valence-corrected chi connectivity index (χ0v) is 19.6. The van der Waals surface area contributed by atoms with Crippen LogP contribution in [0.5, 0.6) is 0 Å². The van der Waals surface area contributed by atoms with E-state index in [1.807, 2.05) is 44.2 Å². The summed E-state index contributed by atoms with van der Waals surface area (Å²) < 4.78 is 26.2. The average Bonchev–Trinajstić information content (AvgIpc) is 2.72. The summed E-state index contributed by atoms with van der Waals surface area (Å²) in [5, 5.41) is 2.61. The Balaban J connectivity index is 2.43. The Kier molecular flexibility index (Phi) is 8.21. The number of rotatable bonds is 9. The maximum atomic E-state index is 13.4. The van der Waals surface area contributed by atoms with Crippen LogP contribution in [0.1, 0.15) is 30.0 Å². The van der Waals surface area contributed by atoms with Crippen molar-refractivity contribution in [1.82, 2.24) is 10.2 Å². The molecule has 0 spiro atoms. The van der Waals surface area contributed by atoms with Crippen molar-refractivity contribution >= 4 is 27.5 Å². The molecule has 0 bridgehead atoms. The summed E-state index contributed by atoms with van der Waals surface area (Å²) in [7, 11) is -2.20. The molecule has 8 heteroatoms. The van der Waals surface area contributed by atoms with Crippen LogP contribution in [0.3, 0.4) is 0 Å². The number of nitrogens with one attached hydrogen (secondary N) is 1. The van der Waals surface area contributed by atoms with Crippen molar-refractivity contribution < 1.29 is 18.0 Å². The molecule has 0 fully saturated rings. The summed E-state index contributed by atoms with van der Waals surface area (Å²) in [6.45, 7) is 5.41. The van der Waals surface area contributed by atoms with Crippen molar-refractivity contribution in [1.29, 1.82) is 0 Å². The topological polar surface area (TPSA) is 86.8 Å². The molecule has 2 amide bonds. The molecule has 7 nitrogen and oxygen atoms in total. The van der Waals surface area contributed by atoms with Crippen LogP contribution in [0.25, 0.3) is 0 Å². The Labute approximate surface area is 185 Å². The SMILES string of the molecule is CC[C@@H](C(=O)NC)N(Cc1ccc(C)cc1)C(=O)CN(c1ccccc1C)S(C)(=O)=O. The smallest absolute Gasteiger partial charge is 0.244 e. The van der Waals surface area contributed by atoms with Gasteiger partial charge in [0.2, 0.25) is 21.8 Å². The van der Waals surface area contributed by atoms with Gasteiger partial charge in [-0.05, 0) is 37.5 Å². The van der Waals surface area contributed by atoms with Crippen molar-refractivity contribution in [2.75, 3.05) is 24.2 Å². The number of para-hydroxylation sites is 1. The monoisotopic (exact) mass is 445 g/mol. The van der Waals surface area contributed by atoms with E-state index in [1.54, 1.807) is 25.1 Å². The van der Waals surface area contributed by atoms with Gasteiger partial charge >= 0.3 is 0 Å². The number of likely N-dealkylation sites (N-methyl/N-ethyl adjacent to an activating group) is 1. The summed E-state index contributed by atoms with van der Waals surface area (Å²) in [5.41, 5.74) is 3.14. The molecular weight excluding hydrogens is 414 g/mol. The number of carbonyl (C=O) groups is 2. The molecule has 1 N–H and O–H groups in total. The molecule has 0 unspecified atom stereocenters. The van der Waals surface area contributed by atoms with Crippen molar-refractivity contribution in [2.45, 2.75) is 39.8 Å². The molecule has 2 aromatic carbocycles. The molecule has 0 radical (unpaired) electrons. The van der Waals surface area contributed by atoms with E-state index in [0.717, 1.165) is 27.3 Å². The van der Waals surface area contributed by atoms with Crippen molar-refractivity contribution in [3.8, 4) is 0 Å². The highest BCUT2D eigenvalue weighted by Gasteiger charge is 2.31. The van der Waals surface area contributed by atoms with E-state index >= 15 is 0 Å². The number of hydrogen-bond acceptors (Lipinski definition) is 4. The molecule has 0 saturated carbocycles. The minimum absolute atomic E-state index is 0.205. The first-order valence-electron chi connectivity index (χ1n) is 10.2. The number of benzene rings is 2. The van der Waals surface area contributed by atoms with Gasteiger partial charge in [0.1, 0.15) is 12.6 Å². The predicted octanol–water partition coefficient (Wildman–Crippen LogP) is 2.62. The quantitative estimate of drug-likeness (QED) is 0.643. The van der Waals surface area contributed by atoms with E-state index in [2.05, 4.69) is 5.32 Å². The Morgan fingerprint density at radius 1 is 1.03 bits per heavy atom. The fourth-order valence-electron chi connectivity index (χ4n) is 3.41.